The average molecular weight is 217 g/mol. The van der Waals surface area contributed by atoms with Gasteiger partial charge in [0.15, 0.2) is 0 Å². The van der Waals surface area contributed by atoms with Crippen molar-refractivity contribution in [1.82, 2.24) is 10.6 Å². The van der Waals surface area contributed by atoms with E-state index in [4.69, 9.17) is 10.5 Å². The summed E-state index contributed by atoms with van der Waals surface area (Å²) in [5.74, 6) is 0. The number of carbonyl (C=O) groups is 1. The molecule has 0 radical (unpaired) electrons. The highest BCUT2D eigenvalue weighted by atomic mass is 16.6. The normalized spacial score (nSPS) is 13.4. The van der Waals surface area contributed by atoms with E-state index in [-0.39, 0.29) is 12.1 Å². The Bertz CT molecular complexity index is 188. The van der Waals surface area contributed by atoms with Crippen LogP contribution in [0.4, 0.5) is 4.79 Å². The maximum atomic E-state index is 11.2. The van der Waals surface area contributed by atoms with Gasteiger partial charge in [0.05, 0.1) is 0 Å². The van der Waals surface area contributed by atoms with Crippen molar-refractivity contribution in [1.29, 1.82) is 0 Å². The second-order valence-corrected chi connectivity index (χ2v) is 4.61. The molecule has 0 saturated carbocycles. The van der Waals surface area contributed by atoms with Crippen molar-refractivity contribution in [3.05, 3.63) is 0 Å². The van der Waals surface area contributed by atoms with Crippen LogP contribution in [0.3, 0.4) is 0 Å². The molecule has 0 aliphatic carbocycles. The first-order chi connectivity index (χ1) is 6.81. The second kappa shape index (κ2) is 6.63. The minimum Gasteiger partial charge on any atom is -0.444 e. The van der Waals surface area contributed by atoms with Crippen molar-refractivity contribution in [2.24, 2.45) is 5.73 Å². The van der Waals surface area contributed by atoms with E-state index < -0.39 is 5.60 Å². The summed E-state index contributed by atoms with van der Waals surface area (Å²) in [6, 6.07) is 0.131. The number of rotatable bonds is 5. The fraction of sp³-hybridized carbons (Fsp3) is 0.900. The molecule has 0 bridgehead atoms. The molecular formula is C10H23N3O2. The van der Waals surface area contributed by atoms with E-state index in [1.807, 2.05) is 27.7 Å². The summed E-state index contributed by atoms with van der Waals surface area (Å²) >= 11 is 0. The highest BCUT2D eigenvalue weighted by Crippen LogP contribution is 2.05. The molecule has 4 N–H and O–H groups in total. The second-order valence-electron chi connectivity index (χ2n) is 4.61. The number of carbonyl (C=O) groups excluding carboxylic acids is 1. The van der Waals surface area contributed by atoms with E-state index >= 15 is 0 Å². The smallest absolute Gasteiger partial charge is 0.407 e. The van der Waals surface area contributed by atoms with Crippen molar-refractivity contribution in [2.75, 3.05) is 19.6 Å². The number of nitrogens with one attached hydrogen (secondary N) is 2. The fourth-order valence-electron chi connectivity index (χ4n) is 0.897. The molecule has 0 aromatic heterocycles. The van der Waals surface area contributed by atoms with Crippen LogP contribution in [0.25, 0.3) is 0 Å². The average Bonchev–Trinajstić information content (AvgIpc) is 1.99. The highest BCUT2D eigenvalue weighted by Gasteiger charge is 2.15. The maximum Gasteiger partial charge on any atom is 0.407 e. The van der Waals surface area contributed by atoms with Crippen LogP contribution in [0.2, 0.25) is 0 Å². The lowest BCUT2D eigenvalue weighted by Gasteiger charge is -2.19. The van der Waals surface area contributed by atoms with Crippen LogP contribution in [0.15, 0.2) is 0 Å². The Kier molecular flexibility index (Phi) is 6.27. The molecule has 90 valence electrons. The van der Waals surface area contributed by atoms with E-state index in [9.17, 15) is 4.79 Å². The Balaban J connectivity index is 3.40. The molecule has 0 unspecified atom stereocenters. The highest BCUT2D eigenvalue weighted by molar-refractivity contribution is 5.67. The molecule has 0 fully saturated rings. The number of amides is 1. The van der Waals surface area contributed by atoms with Gasteiger partial charge in [-0.3, -0.25) is 0 Å². The van der Waals surface area contributed by atoms with Gasteiger partial charge in [-0.05, 0) is 27.7 Å². The Morgan fingerprint density at radius 3 is 2.47 bits per heavy atom. The SMILES string of the molecule is C[C@H](N)CNCCNC(=O)OC(C)(C)C. The third kappa shape index (κ3) is 11.1. The number of hydrogen-bond acceptors (Lipinski definition) is 4. The molecule has 0 aliphatic rings. The minimum atomic E-state index is -0.441. The molecule has 0 rings (SSSR count). The van der Waals surface area contributed by atoms with E-state index in [0.717, 1.165) is 6.54 Å². The molecule has 15 heavy (non-hydrogen) atoms. The zero-order valence-corrected chi connectivity index (χ0v) is 10.1. The van der Waals surface area contributed by atoms with E-state index in [1.165, 1.54) is 0 Å². The third-order valence-corrected chi connectivity index (χ3v) is 1.44. The zero-order chi connectivity index (χ0) is 11.9. The summed E-state index contributed by atoms with van der Waals surface area (Å²) in [7, 11) is 0. The Morgan fingerprint density at radius 2 is 2.00 bits per heavy atom. The maximum absolute atomic E-state index is 11.2. The Labute approximate surface area is 91.7 Å². The predicted molar refractivity (Wildman–Crippen MR) is 60.8 cm³/mol. The number of alkyl carbamates (subject to hydrolysis) is 1. The molecule has 0 heterocycles. The molecule has 5 nitrogen and oxygen atoms in total. The molecule has 1 atom stereocenters. The summed E-state index contributed by atoms with van der Waals surface area (Å²) in [6.07, 6.45) is -0.384. The van der Waals surface area contributed by atoms with Gasteiger partial charge in [0.2, 0.25) is 0 Å². The number of ether oxygens (including phenoxy) is 1. The van der Waals surface area contributed by atoms with Gasteiger partial charge in [-0.25, -0.2) is 4.79 Å². The summed E-state index contributed by atoms with van der Waals surface area (Å²) in [6.45, 7) is 9.41. The molecule has 0 aromatic rings. The minimum absolute atomic E-state index is 0.131. The van der Waals surface area contributed by atoms with Gasteiger partial charge in [0.1, 0.15) is 5.60 Å². The zero-order valence-electron chi connectivity index (χ0n) is 10.1. The molecule has 0 saturated heterocycles. The van der Waals surface area contributed by atoms with Crippen LogP contribution in [0.1, 0.15) is 27.7 Å². The lowest BCUT2D eigenvalue weighted by atomic mass is 10.2. The molecule has 0 spiro atoms. The van der Waals surface area contributed by atoms with Gasteiger partial charge in [-0.1, -0.05) is 0 Å². The molecule has 0 aromatic carbocycles. The number of hydrogen-bond donors (Lipinski definition) is 3. The van der Waals surface area contributed by atoms with Crippen molar-refractivity contribution in [2.45, 2.75) is 39.3 Å². The molecule has 5 heteroatoms. The van der Waals surface area contributed by atoms with Crippen LogP contribution in [-0.2, 0) is 4.74 Å². The van der Waals surface area contributed by atoms with E-state index in [1.54, 1.807) is 0 Å². The monoisotopic (exact) mass is 217 g/mol. The Morgan fingerprint density at radius 1 is 1.40 bits per heavy atom. The predicted octanol–water partition coefficient (Wildman–Crippen LogP) is 0.448. The summed E-state index contributed by atoms with van der Waals surface area (Å²) in [4.78, 5) is 11.2. The summed E-state index contributed by atoms with van der Waals surface area (Å²) in [5, 5.41) is 5.76. The summed E-state index contributed by atoms with van der Waals surface area (Å²) < 4.78 is 5.06. The standard InChI is InChI=1S/C10H23N3O2/c1-8(11)7-12-5-6-13-9(14)15-10(2,3)4/h8,12H,5-7,11H2,1-4H3,(H,13,14)/t8-/m0/s1. The lowest BCUT2D eigenvalue weighted by Crippen LogP contribution is -2.39. The van der Waals surface area contributed by atoms with Crippen LogP contribution >= 0.6 is 0 Å². The number of nitrogens with two attached hydrogens (primary N) is 1. The summed E-state index contributed by atoms with van der Waals surface area (Å²) in [5.41, 5.74) is 5.10. The van der Waals surface area contributed by atoms with Crippen molar-refractivity contribution in [3.63, 3.8) is 0 Å². The van der Waals surface area contributed by atoms with Gasteiger partial charge in [0, 0.05) is 25.7 Å². The van der Waals surface area contributed by atoms with Crippen molar-refractivity contribution < 1.29 is 9.53 Å². The quantitative estimate of drug-likeness (QED) is 0.584. The first-order valence-corrected chi connectivity index (χ1v) is 5.24. The van der Waals surface area contributed by atoms with Crippen LogP contribution in [-0.4, -0.2) is 37.4 Å². The van der Waals surface area contributed by atoms with E-state index in [0.29, 0.717) is 13.1 Å². The van der Waals surface area contributed by atoms with E-state index in [2.05, 4.69) is 10.6 Å². The van der Waals surface area contributed by atoms with Crippen LogP contribution in [0, 0.1) is 0 Å². The molecule has 0 aliphatic heterocycles. The van der Waals surface area contributed by atoms with Crippen LogP contribution < -0.4 is 16.4 Å². The van der Waals surface area contributed by atoms with Gasteiger partial charge in [0.25, 0.3) is 0 Å². The largest absolute Gasteiger partial charge is 0.444 e. The van der Waals surface area contributed by atoms with Crippen LogP contribution in [0.5, 0.6) is 0 Å². The topological polar surface area (TPSA) is 76.4 Å². The van der Waals surface area contributed by atoms with Gasteiger partial charge in [-0.2, -0.15) is 0 Å². The molecule has 1 amide bonds. The third-order valence-electron chi connectivity index (χ3n) is 1.44. The first kappa shape index (κ1) is 14.2. The molecular weight excluding hydrogens is 194 g/mol. The Hall–Kier alpha value is -0.810. The van der Waals surface area contributed by atoms with Crippen molar-refractivity contribution >= 4 is 6.09 Å². The van der Waals surface area contributed by atoms with Gasteiger partial charge < -0.3 is 21.1 Å². The van der Waals surface area contributed by atoms with Crippen molar-refractivity contribution in [3.8, 4) is 0 Å². The first-order valence-electron chi connectivity index (χ1n) is 5.24. The lowest BCUT2D eigenvalue weighted by molar-refractivity contribution is 0.0528. The van der Waals surface area contributed by atoms with Gasteiger partial charge in [-0.15, -0.1) is 0 Å². The van der Waals surface area contributed by atoms with Gasteiger partial charge >= 0.3 is 6.09 Å². The fourth-order valence-corrected chi connectivity index (χ4v) is 0.897.